The maximum Gasteiger partial charge on any atom is 0.184 e. The highest BCUT2D eigenvalue weighted by atomic mass is 32.2. The van der Waals surface area contributed by atoms with Crippen LogP contribution in [0.5, 0.6) is 0 Å². The number of aromatic nitrogens is 1. The molecule has 26 heavy (non-hydrogen) atoms. The molecule has 1 aromatic carbocycles. The summed E-state index contributed by atoms with van der Waals surface area (Å²) in [7, 11) is 0. The molecule has 0 spiro atoms. The van der Waals surface area contributed by atoms with Crippen LogP contribution in [-0.2, 0) is 6.42 Å². The van der Waals surface area contributed by atoms with Gasteiger partial charge in [-0.25, -0.2) is 8.78 Å². The minimum Gasteiger partial charge on any atom is -0.274 e. The van der Waals surface area contributed by atoms with Gasteiger partial charge in [0, 0.05) is 21.9 Å². The minimum atomic E-state index is -0.900. The van der Waals surface area contributed by atoms with Gasteiger partial charge in [-0.05, 0) is 53.4 Å². The van der Waals surface area contributed by atoms with Crippen molar-refractivity contribution < 1.29 is 8.78 Å². The molecule has 0 aliphatic carbocycles. The van der Waals surface area contributed by atoms with E-state index in [1.54, 1.807) is 35.4 Å². The first-order chi connectivity index (χ1) is 12.4. The fourth-order valence-corrected chi connectivity index (χ4v) is 5.21. The Morgan fingerprint density at radius 3 is 2.85 bits per heavy atom. The number of halogens is 2. The number of benzene rings is 1. The van der Waals surface area contributed by atoms with Gasteiger partial charge in [0.05, 0.1) is 6.04 Å². The van der Waals surface area contributed by atoms with Crippen LogP contribution in [-0.4, -0.2) is 20.8 Å². The SMILES string of the molecule is CC1(C)CC(Cc2ccsc2)N=C(c2cnc3c(F)c(F)ccc3c2)S1. The van der Waals surface area contributed by atoms with Gasteiger partial charge in [-0.3, -0.25) is 9.98 Å². The van der Waals surface area contributed by atoms with Crippen LogP contribution in [0.4, 0.5) is 8.78 Å². The molecule has 1 aliphatic heterocycles. The van der Waals surface area contributed by atoms with Crippen LogP contribution in [0.3, 0.4) is 0 Å². The van der Waals surface area contributed by atoms with Crippen molar-refractivity contribution in [3.8, 4) is 0 Å². The smallest absolute Gasteiger partial charge is 0.184 e. The Bertz CT molecular complexity index is 981. The van der Waals surface area contributed by atoms with E-state index in [4.69, 9.17) is 4.99 Å². The zero-order valence-electron chi connectivity index (χ0n) is 14.5. The Labute approximate surface area is 159 Å². The van der Waals surface area contributed by atoms with Gasteiger partial charge in [-0.15, -0.1) is 0 Å². The molecule has 3 heterocycles. The lowest BCUT2D eigenvalue weighted by atomic mass is 9.98. The van der Waals surface area contributed by atoms with E-state index in [0.29, 0.717) is 5.39 Å². The molecule has 0 radical (unpaired) electrons. The molecule has 1 aliphatic rings. The first-order valence-corrected chi connectivity index (χ1v) is 10.2. The average Bonchev–Trinajstić information content (AvgIpc) is 3.09. The largest absolute Gasteiger partial charge is 0.274 e. The second-order valence-electron chi connectivity index (χ2n) is 7.15. The Balaban J connectivity index is 1.71. The van der Waals surface area contributed by atoms with Gasteiger partial charge in [0.25, 0.3) is 0 Å². The van der Waals surface area contributed by atoms with Crippen molar-refractivity contribution in [2.75, 3.05) is 0 Å². The fourth-order valence-electron chi connectivity index (χ4n) is 3.30. The molecule has 1 unspecified atom stereocenters. The molecule has 4 rings (SSSR count). The van der Waals surface area contributed by atoms with Crippen LogP contribution in [0, 0.1) is 11.6 Å². The van der Waals surface area contributed by atoms with E-state index in [9.17, 15) is 8.78 Å². The van der Waals surface area contributed by atoms with Crippen LogP contribution in [0.15, 0.2) is 46.2 Å². The number of aliphatic imine (C=N–C) groups is 1. The molecule has 0 saturated heterocycles. The van der Waals surface area contributed by atoms with Gasteiger partial charge in [0.1, 0.15) is 10.6 Å². The van der Waals surface area contributed by atoms with Crippen molar-refractivity contribution in [3.63, 3.8) is 0 Å². The topological polar surface area (TPSA) is 25.2 Å². The molecule has 0 fully saturated rings. The molecule has 0 N–H and O–H groups in total. The second kappa shape index (κ2) is 6.74. The summed E-state index contributed by atoms with van der Waals surface area (Å²) in [5.74, 6) is -1.78. The van der Waals surface area contributed by atoms with Gasteiger partial charge in [-0.2, -0.15) is 11.3 Å². The molecule has 3 aromatic rings. The third-order valence-corrected chi connectivity index (χ3v) is 6.43. The number of thioether (sulfide) groups is 1. The second-order valence-corrected chi connectivity index (χ2v) is 9.62. The lowest BCUT2D eigenvalue weighted by Crippen LogP contribution is -2.31. The zero-order chi connectivity index (χ0) is 18.3. The average molecular weight is 389 g/mol. The number of pyridine rings is 1. The highest BCUT2D eigenvalue weighted by Gasteiger charge is 2.31. The van der Waals surface area contributed by atoms with Crippen LogP contribution in [0.25, 0.3) is 10.9 Å². The van der Waals surface area contributed by atoms with Gasteiger partial charge < -0.3 is 0 Å². The quantitative estimate of drug-likeness (QED) is 0.562. The normalized spacial score (nSPS) is 19.5. The third-order valence-electron chi connectivity index (χ3n) is 4.44. The molecule has 0 amide bonds. The summed E-state index contributed by atoms with van der Waals surface area (Å²) in [6, 6.07) is 6.90. The predicted molar refractivity (Wildman–Crippen MR) is 106 cm³/mol. The van der Waals surface area contributed by atoms with Crippen LogP contribution < -0.4 is 0 Å². The first kappa shape index (κ1) is 17.6. The van der Waals surface area contributed by atoms with Gasteiger partial charge in [-0.1, -0.05) is 25.6 Å². The van der Waals surface area contributed by atoms with Crippen molar-refractivity contribution in [2.45, 2.75) is 37.5 Å². The van der Waals surface area contributed by atoms with E-state index in [-0.39, 0.29) is 16.3 Å². The lowest BCUT2D eigenvalue weighted by Gasteiger charge is -2.33. The molecule has 0 bridgehead atoms. The minimum absolute atomic E-state index is 0.0563. The summed E-state index contributed by atoms with van der Waals surface area (Å²) in [6.45, 7) is 4.44. The highest BCUT2D eigenvalue weighted by molar-refractivity contribution is 8.15. The monoisotopic (exact) mass is 388 g/mol. The van der Waals surface area contributed by atoms with E-state index in [2.05, 4.69) is 35.7 Å². The summed E-state index contributed by atoms with van der Waals surface area (Å²) >= 11 is 3.42. The van der Waals surface area contributed by atoms with Crippen molar-refractivity contribution in [1.29, 1.82) is 0 Å². The Hall–Kier alpha value is -1.79. The number of rotatable bonds is 3. The zero-order valence-corrected chi connectivity index (χ0v) is 16.1. The van der Waals surface area contributed by atoms with Crippen LogP contribution in [0.2, 0.25) is 0 Å². The summed E-state index contributed by atoms with van der Waals surface area (Å²) in [6.07, 6.45) is 3.51. The summed E-state index contributed by atoms with van der Waals surface area (Å²) in [5, 5.41) is 5.76. The van der Waals surface area contributed by atoms with Gasteiger partial charge in [0.2, 0.25) is 0 Å². The standard InChI is InChI=1S/C20H18F2N2S2/c1-20(2)9-15(7-12-5-6-25-11-12)24-19(26-20)14-8-13-3-4-16(21)17(22)18(13)23-10-14/h3-6,8,10-11,15H,7,9H2,1-2H3. The maximum absolute atomic E-state index is 13.9. The molecule has 0 saturated carbocycles. The number of fused-ring (bicyclic) bond motifs is 1. The number of thiophene rings is 1. The highest BCUT2D eigenvalue weighted by Crippen LogP contribution is 2.39. The molecule has 2 nitrogen and oxygen atoms in total. The summed E-state index contributed by atoms with van der Waals surface area (Å²) < 4.78 is 27.3. The van der Waals surface area contributed by atoms with Gasteiger partial charge in [0.15, 0.2) is 11.6 Å². The number of nitrogens with zero attached hydrogens (tertiary/aromatic N) is 2. The summed E-state index contributed by atoms with van der Waals surface area (Å²) in [4.78, 5) is 9.10. The van der Waals surface area contributed by atoms with Crippen molar-refractivity contribution in [2.24, 2.45) is 4.99 Å². The Morgan fingerprint density at radius 1 is 1.23 bits per heavy atom. The summed E-state index contributed by atoms with van der Waals surface area (Å²) in [5.41, 5.74) is 2.22. The Morgan fingerprint density at radius 2 is 2.08 bits per heavy atom. The van der Waals surface area contributed by atoms with E-state index >= 15 is 0 Å². The third kappa shape index (κ3) is 3.53. The molecule has 2 aromatic heterocycles. The number of hydrogen-bond acceptors (Lipinski definition) is 4. The van der Waals surface area contributed by atoms with E-state index < -0.39 is 11.6 Å². The molecular formula is C20H18F2N2S2. The van der Waals surface area contributed by atoms with E-state index in [1.807, 2.05) is 6.07 Å². The van der Waals surface area contributed by atoms with Crippen LogP contribution in [0.1, 0.15) is 31.4 Å². The van der Waals surface area contributed by atoms with Crippen molar-refractivity contribution in [1.82, 2.24) is 4.98 Å². The first-order valence-electron chi connectivity index (χ1n) is 8.43. The van der Waals surface area contributed by atoms with Crippen molar-refractivity contribution in [3.05, 3.63) is 64.0 Å². The van der Waals surface area contributed by atoms with Crippen LogP contribution >= 0.6 is 23.1 Å². The maximum atomic E-state index is 13.9. The van der Waals surface area contributed by atoms with Gasteiger partial charge >= 0.3 is 0 Å². The molecule has 6 heteroatoms. The van der Waals surface area contributed by atoms with E-state index in [1.165, 1.54) is 5.56 Å². The predicted octanol–water partition coefficient (Wildman–Crippen LogP) is 5.85. The Kier molecular flexibility index (Phi) is 4.57. The van der Waals surface area contributed by atoms with Crippen molar-refractivity contribution >= 4 is 39.0 Å². The number of hydrogen-bond donors (Lipinski definition) is 0. The molecule has 134 valence electrons. The fraction of sp³-hybridized carbons (Fsp3) is 0.300. The molecular weight excluding hydrogens is 370 g/mol. The molecule has 1 atom stereocenters. The lowest BCUT2D eigenvalue weighted by molar-refractivity contribution is 0.515. The van der Waals surface area contributed by atoms with E-state index in [0.717, 1.165) is 29.5 Å².